The first kappa shape index (κ1) is 35.3. The molecule has 2 aliphatic carbocycles. The molecular formula is C56H34F3NO. The van der Waals surface area contributed by atoms with Gasteiger partial charge >= 0.3 is 6.36 Å². The molecule has 290 valence electrons. The minimum Gasteiger partial charge on any atom is -0.406 e. The lowest BCUT2D eigenvalue weighted by Gasteiger charge is -2.32. The van der Waals surface area contributed by atoms with E-state index in [9.17, 15) is 13.2 Å². The Balaban J connectivity index is 1.08. The van der Waals surface area contributed by atoms with Gasteiger partial charge in [0.15, 0.2) is 0 Å². The van der Waals surface area contributed by atoms with Crippen LogP contribution in [-0.2, 0) is 5.41 Å². The summed E-state index contributed by atoms with van der Waals surface area (Å²) in [6.45, 7) is 0. The van der Waals surface area contributed by atoms with Gasteiger partial charge in [-0.3, -0.25) is 0 Å². The van der Waals surface area contributed by atoms with Gasteiger partial charge in [0.2, 0.25) is 0 Å². The molecule has 0 aromatic heterocycles. The molecule has 0 N–H and O–H groups in total. The Morgan fingerprint density at radius 3 is 1.26 bits per heavy atom. The molecule has 0 fully saturated rings. The first-order valence-corrected chi connectivity index (χ1v) is 20.4. The molecule has 10 aromatic carbocycles. The highest BCUT2D eigenvalue weighted by atomic mass is 19.4. The third kappa shape index (κ3) is 5.30. The van der Waals surface area contributed by atoms with Crippen molar-refractivity contribution in [3.8, 4) is 39.1 Å². The summed E-state index contributed by atoms with van der Waals surface area (Å²) in [5.74, 6) is -0.250. The van der Waals surface area contributed by atoms with Gasteiger partial charge in [-0.1, -0.05) is 158 Å². The topological polar surface area (TPSA) is 12.5 Å². The number of halogens is 3. The first-order chi connectivity index (χ1) is 29.9. The van der Waals surface area contributed by atoms with Gasteiger partial charge in [-0.15, -0.1) is 13.2 Å². The summed E-state index contributed by atoms with van der Waals surface area (Å²) in [5.41, 5.74) is 14.2. The fraction of sp³-hybridized carbons (Fsp3) is 0.0357. The maximum Gasteiger partial charge on any atom is 0.573 e. The summed E-state index contributed by atoms with van der Waals surface area (Å²) in [6, 6.07) is 71.7. The van der Waals surface area contributed by atoms with Crippen molar-refractivity contribution >= 4 is 49.4 Å². The number of hydrogen-bond donors (Lipinski definition) is 0. The molecule has 5 heteroatoms. The highest BCUT2D eigenvalue weighted by Gasteiger charge is 2.51. The molecule has 0 amide bonds. The fourth-order valence-corrected chi connectivity index (χ4v) is 10.4. The zero-order valence-corrected chi connectivity index (χ0v) is 32.6. The van der Waals surface area contributed by atoms with Gasteiger partial charge in [-0.2, -0.15) is 0 Å². The second-order valence-corrected chi connectivity index (χ2v) is 15.9. The highest BCUT2D eigenvalue weighted by molar-refractivity contribution is 6.25. The number of fused-ring (bicyclic) bond motifs is 16. The van der Waals surface area contributed by atoms with Crippen LogP contribution >= 0.6 is 0 Å². The quantitative estimate of drug-likeness (QED) is 0.161. The van der Waals surface area contributed by atoms with E-state index in [1.165, 1.54) is 89.0 Å². The standard InChI is InChI=1S/C56H34F3NO/c57-56(58,59)61-40-29-23-36(24-30-40)35-21-25-37(26-22-35)60(38-27-31-45-43-13-2-1-11-41(43)42-12-3-4-14-44(42)50(45)33-38)39-28-32-49-48-17-7-10-20-53(48)55(54(49)34-39)51-18-8-5-15-46(51)47-16-6-9-19-52(47)55/h1-34H. The smallest absolute Gasteiger partial charge is 0.406 e. The molecule has 1 spiro atoms. The van der Waals surface area contributed by atoms with Gasteiger partial charge in [-0.25, -0.2) is 0 Å². The molecule has 0 atom stereocenters. The number of alkyl halides is 3. The molecule has 0 saturated heterocycles. The molecule has 2 nitrogen and oxygen atoms in total. The minimum absolute atomic E-state index is 0.250. The van der Waals surface area contributed by atoms with Crippen LogP contribution in [0.5, 0.6) is 5.75 Å². The Kier molecular flexibility index (Phi) is 7.64. The van der Waals surface area contributed by atoms with Gasteiger partial charge in [0, 0.05) is 17.1 Å². The van der Waals surface area contributed by atoms with Gasteiger partial charge in [0.25, 0.3) is 0 Å². The molecule has 10 aromatic rings. The van der Waals surface area contributed by atoms with Crippen LogP contribution < -0.4 is 9.64 Å². The molecule has 61 heavy (non-hydrogen) atoms. The fourth-order valence-electron chi connectivity index (χ4n) is 10.4. The lowest BCUT2D eigenvalue weighted by molar-refractivity contribution is -0.274. The van der Waals surface area contributed by atoms with Gasteiger partial charge < -0.3 is 9.64 Å². The van der Waals surface area contributed by atoms with Crippen LogP contribution in [0, 0.1) is 0 Å². The highest BCUT2D eigenvalue weighted by Crippen LogP contribution is 2.63. The van der Waals surface area contributed by atoms with E-state index in [0.717, 1.165) is 28.2 Å². The van der Waals surface area contributed by atoms with Crippen molar-refractivity contribution in [1.82, 2.24) is 0 Å². The van der Waals surface area contributed by atoms with Crippen LogP contribution in [0.15, 0.2) is 206 Å². The zero-order chi connectivity index (χ0) is 40.9. The number of benzene rings is 10. The van der Waals surface area contributed by atoms with E-state index in [4.69, 9.17) is 0 Å². The van der Waals surface area contributed by atoms with E-state index in [2.05, 4.69) is 179 Å². The first-order valence-electron chi connectivity index (χ1n) is 20.4. The van der Waals surface area contributed by atoms with Crippen molar-refractivity contribution in [2.75, 3.05) is 4.90 Å². The maximum absolute atomic E-state index is 12.9. The molecule has 0 saturated carbocycles. The SMILES string of the molecule is FC(F)(F)Oc1ccc(-c2ccc(N(c3ccc4c(c3)C3(c5ccccc5-c5ccccc53)c3ccccc3-4)c3ccc4c5ccccc5c5ccccc5c4c3)cc2)cc1. The predicted octanol–water partition coefficient (Wildman–Crippen LogP) is 15.5. The van der Waals surface area contributed by atoms with Crippen LogP contribution in [0.2, 0.25) is 0 Å². The van der Waals surface area contributed by atoms with Crippen molar-refractivity contribution in [2.24, 2.45) is 0 Å². The van der Waals surface area contributed by atoms with Crippen LogP contribution in [-0.4, -0.2) is 6.36 Å². The number of hydrogen-bond acceptors (Lipinski definition) is 2. The lowest BCUT2D eigenvalue weighted by atomic mass is 9.70. The van der Waals surface area contributed by atoms with Gasteiger partial charge in [0.1, 0.15) is 5.75 Å². The predicted molar refractivity (Wildman–Crippen MR) is 242 cm³/mol. The third-order valence-electron chi connectivity index (χ3n) is 12.8. The summed E-state index contributed by atoms with van der Waals surface area (Å²) >= 11 is 0. The normalized spacial score (nSPS) is 13.3. The molecule has 2 aliphatic rings. The van der Waals surface area contributed by atoms with E-state index < -0.39 is 11.8 Å². The summed E-state index contributed by atoms with van der Waals surface area (Å²) < 4.78 is 42.9. The van der Waals surface area contributed by atoms with E-state index >= 15 is 0 Å². The van der Waals surface area contributed by atoms with Crippen molar-refractivity contribution < 1.29 is 17.9 Å². The average Bonchev–Trinajstić information content (AvgIpc) is 3.76. The van der Waals surface area contributed by atoms with Crippen LogP contribution in [0.3, 0.4) is 0 Å². The summed E-state index contributed by atoms with van der Waals surface area (Å²) in [5, 5.41) is 7.19. The number of ether oxygens (including phenoxy) is 1. The average molecular weight is 794 g/mol. The number of anilines is 3. The monoisotopic (exact) mass is 793 g/mol. The Labute approximate surface area is 350 Å². The Hall–Kier alpha value is -7.63. The van der Waals surface area contributed by atoms with Crippen molar-refractivity contribution in [3.63, 3.8) is 0 Å². The van der Waals surface area contributed by atoms with E-state index in [-0.39, 0.29) is 5.75 Å². The molecule has 0 unspecified atom stereocenters. The van der Waals surface area contributed by atoms with Crippen molar-refractivity contribution in [2.45, 2.75) is 11.8 Å². The Morgan fingerprint density at radius 1 is 0.344 bits per heavy atom. The summed E-state index contributed by atoms with van der Waals surface area (Å²) in [6.07, 6.45) is -4.75. The summed E-state index contributed by atoms with van der Waals surface area (Å²) in [7, 11) is 0. The van der Waals surface area contributed by atoms with Gasteiger partial charge in [0.05, 0.1) is 5.41 Å². The molecule has 0 heterocycles. The van der Waals surface area contributed by atoms with Gasteiger partial charge in [-0.05, 0) is 136 Å². The van der Waals surface area contributed by atoms with Crippen molar-refractivity contribution in [1.29, 1.82) is 0 Å². The van der Waals surface area contributed by atoms with E-state index in [1.807, 2.05) is 12.1 Å². The molecule has 12 rings (SSSR count). The lowest BCUT2D eigenvalue weighted by Crippen LogP contribution is -2.26. The minimum atomic E-state index is -4.75. The van der Waals surface area contributed by atoms with Crippen LogP contribution in [0.25, 0.3) is 65.7 Å². The molecular weight excluding hydrogens is 760 g/mol. The second kappa shape index (κ2) is 13.2. The van der Waals surface area contributed by atoms with Crippen LogP contribution in [0.1, 0.15) is 22.3 Å². The van der Waals surface area contributed by atoms with E-state index in [0.29, 0.717) is 0 Å². The maximum atomic E-state index is 12.9. The number of nitrogens with zero attached hydrogens (tertiary/aromatic N) is 1. The largest absolute Gasteiger partial charge is 0.573 e. The Bertz CT molecular complexity index is 3290. The molecule has 0 aliphatic heterocycles. The molecule has 0 bridgehead atoms. The van der Waals surface area contributed by atoms with Crippen molar-refractivity contribution in [3.05, 3.63) is 229 Å². The molecule has 0 radical (unpaired) electrons. The summed E-state index contributed by atoms with van der Waals surface area (Å²) in [4.78, 5) is 2.33. The Morgan fingerprint density at radius 2 is 0.738 bits per heavy atom. The second-order valence-electron chi connectivity index (χ2n) is 15.9. The number of rotatable bonds is 5. The third-order valence-corrected chi connectivity index (χ3v) is 12.8. The zero-order valence-electron chi connectivity index (χ0n) is 32.6. The van der Waals surface area contributed by atoms with E-state index in [1.54, 1.807) is 12.1 Å². The van der Waals surface area contributed by atoms with Crippen LogP contribution in [0.4, 0.5) is 30.2 Å².